The molecular weight excluding hydrogens is 250 g/mol. The molecule has 0 radical (unpaired) electrons. The smallest absolute Gasteiger partial charge is 0.213 e. The lowest BCUT2D eigenvalue weighted by molar-refractivity contribution is 0.327. The molecule has 2 rings (SSSR count). The molecule has 0 aliphatic carbocycles. The number of nitrogens with zero attached hydrogens (tertiary/aromatic N) is 1. The van der Waals surface area contributed by atoms with Gasteiger partial charge >= 0.3 is 0 Å². The van der Waals surface area contributed by atoms with Crippen molar-refractivity contribution in [2.45, 2.75) is 13.5 Å². The van der Waals surface area contributed by atoms with E-state index in [1.54, 1.807) is 18.3 Å². The van der Waals surface area contributed by atoms with E-state index in [4.69, 9.17) is 4.74 Å². The third-order valence-corrected chi connectivity index (χ3v) is 2.53. The summed E-state index contributed by atoms with van der Waals surface area (Å²) < 4.78 is 31.4. The van der Waals surface area contributed by atoms with Gasteiger partial charge in [0.05, 0.1) is 18.5 Å². The molecule has 5 heteroatoms. The molecule has 0 atom stereocenters. The van der Waals surface area contributed by atoms with Crippen LogP contribution in [-0.4, -0.2) is 11.6 Å². The Bertz CT molecular complexity index is 544. The summed E-state index contributed by atoms with van der Waals surface area (Å²) in [5, 5.41) is 3.01. The molecule has 0 spiro atoms. The second-order valence-electron chi connectivity index (χ2n) is 3.91. The first-order valence-electron chi connectivity index (χ1n) is 5.95. The molecule has 0 fully saturated rings. The zero-order valence-electron chi connectivity index (χ0n) is 10.5. The van der Waals surface area contributed by atoms with Crippen molar-refractivity contribution < 1.29 is 13.5 Å². The summed E-state index contributed by atoms with van der Waals surface area (Å²) in [5.74, 6) is -0.601. The van der Waals surface area contributed by atoms with Crippen molar-refractivity contribution >= 4 is 5.69 Å². The molecule has 1 N–H and O–H groups in total. The normalized spacial score (nSPS) is 10.3. The Morgan fingerprint density at radius 1 is 1.21 bits per heavy atom. The molecular formula is C14H14F2N2O. The van der Waals surface area contributed by atoms with Crippen LogP contribution < -0.4 is 10.1 Å². The minimum atomic E-state index is -0.580. The lowest BCUT2D eigenvalue weighted by atomic mass is 10.2. The Morgan fingerprint density at radius 2 is 2.05 bits per heavy atom. The van der Waals surface area contributed by atoms with E-state index in [0.717, 1.165) is 11.8 Å². The van der Waals surface area contributed by atoms with Crippen LogP contribution >= 0.6 is 0 Å². The molecule has 0 aliphatic heterocycles. The van der Waals surface area contributed by atoms with Gasteiger partial charge in [0.25, 0.3) is 0 Å². The number of pyridine rings is 1. The Kier molecular flexibility index (Phi) is 4.28. The number of benzene rings is 1. The summed E-state index contributed by atoms with van der Waals surface area (Å²) in [4.78, 5) is 4.08. The molecule has 3 nitrogen and oxygen atoms in total. The molecule has 1 aromatic carbocycles. The van der Waals surface area contributed by atoms with Gasteiger partial charge < -0.3 is 10.1 Å². The molecule has 1 aromatic heterocycles. The molecule has 1 heterocycles. The van der Waals surface area contributed by atoms with Crippen molar-refractivity contribution in [1.29, 1.82) is 0 Å². The van der Waals surface area contributed by atoms with Crippen molar-refractivity contribution in [1.82, 2.24) is 4.98 Å². The fraction of sp³-hybridized carbons (Fsp3) is 0.214. The van der Waals surface area contributed by atoms with Gasteiger partial charge in [-0.3, -0.25) is 0 Å². The van der Waals surface area contributed by atoms with Crippen LogP contribution in [-0.2, 0) is 6.54 Å². The van der Waals surface area contributed by atoms with Crippen molar-refractivity contribution in [2.75, 3.05) is 11.9 Å². The van der Waals surface area contributed by atoms with Crippen molar-refractivity contribution in [3.05, 3.63) is 53.7 Å². The Labute approximate surface area is 110 Å². The number of ether oxygens (including phenoxy) is 1. The van der Waals surface area contributed by atoms with Crippen LogP contribution in [0.15, 0.2) is 36.5 Å². The summed E-state index contributed by atoms with van der Waals surface area (Å²) in [7, 11) is 0. The zero-order chi connectivity index (χ0) is 13.7. The Morgan fingerprint density at radius 3 is 2.68 bits per heavy atom. The third-order valence-electron chi connectivity index (χ3n) is 2.53. The highest BCUT2D eigenvalue weighted by Gasteiger charge is 2.03. The van der Waals surface area contributed by atoms with Crippen molar-refractivity contribution in [2.24, 2.45) is 0 Å². The predicted molar refractivity (Wildman–Crippen MR) is 69.1 cm³/mol. The summed E-state index contributed by atoms with van der Waals surface area (Å²) in [6.45, 7) is 2.70. The molecule has 0 amide bonds. The Hall–Kier alpha value is -2.17. The third kappa shape index (κ3) is 3.64. The first kappa shape index (κ1) is 13.3. The second-order valence-corrected chi connectivity index (χ2v) is 3.91. The number of rotatable bonds is 5. The molecule has 0 aliphatic rings. The highest BCUT2D eigenvalue weighted by Crippen LogP contribution is 2.14. The van der Waals surface area contributed by atoms with Crippen LogP contribution in [0.1, 0.15) is 12.5 Å². The highest BCUT2D eigenvalue weighted by molar-refractivity contribution is 5.42. The van der Waals surface area contributed by atoms with Crippen LogP contribution in [0.2, 0.25) is 0 Å². The van der Waals surface area contributed by atoms with Gasteiger partial charge in [-0.25, -0.2) is 13.8 Å². The van der Waals surface area contributed by atoms with Crippen LogP contribution in [0.5, 0.6) is 5.88 Å². The number of hydrogen-bond donors (Lipinski definition) is 1. The second kappa shape index (κ2) is 6.13. The molecule has 19 heavy (non-hydrogen) atoms. The van der Waals surface area contributed by atoms with Crippen LogP contribution in [0.25, 0.3) is 0 Å². The number of aromatic nitrogens is 1. The maximum atomic E-state index is 13.4. The van der Waals surface area contributed by atoms with Gasteiger partial charge in [-0.1, -0.05) is 6.07 Å². The van der Waals surface area contributed by atoms with Gasteiger partial charge in [0.1, 0.15) is 11.6 Å². The van der Waals surface area contributed by atoms with Crippen LogP contribution in [0, 0.1) is 11.6 Å². The summed E-state index contributed by atoms with van der Waals surface area (Å²) in [5.41, 5.74) is 1.14. The highest BCUT2D eigenvalue weighted by atomic mass is 19.1. The maximum absolute atomic E-state index is 13.4. The van der Waals surface area contributed by atoms with E-state index in [2.05, 4.69) is 10.3 Å². The SMILES string of the molecule is CCOc1ccc(NCc2ccc(F)cc2F)cn1. The lowest BCUT2D eigenvalue weighted by Crippen LogP contribution is -2.03. The van der Waals surface area contributed by atoms with Gasteiger partial charge in [0, 0.05) is 24.2 Å². The fourth-order valence-electron chi connectivity index (χ4n) is 1.58. The van der Waals surface area contributed by atoms with Gasteiger partial charge in [0.15, 0.2) is 0 Å². The topological polar surface area (TPSA) is 34.1 Å². The summed E-state index contributed by atoms with van der Waals surface area (Å²) in [6, 6.07) is 7.04. The van der Waals surface area contributed by atoms with Crippen LogP contribution in [0.3, 0.4) is 0 Å². The summed E-state index contributed by atoms with van der Waals surface area (Å²) in [6.07, 6.45) is 1.60. The Balaban J connectivity index is 1.98. The van der Waals surface area contributed by atoms with Gasteiger partial charge in [-0.05, 0) is 19.1 Å². The van der Waals surface area contributed by atoms with Gasteiger partial charge in [0.2, 0.25) is 5.88 Å². The summed E-state index contributed by atoms with van der Waals surface area (Å²) >= 11 is 0. The van der Waals surface area contributed by atoms with E-state index in [1.165, 1.54) is 12.1 Å². The molecule has 0 bridgehead atoms. The monoisotopic (exact) mass is 264 g/mol. The average Bonchev–Trinajstić information content (AvgIpc) is 2.40. The van der Waals surface area contributed by atoms with Gasteiger partial charge in [-0.15, -0.1) is 0 Å². The van der Waals surface area contributed by atoms with E-state index in [9.17, 15) is 8.78 Å². The standard InChI is InChI=1S/C14H14F2N2O/c1-2-19-14-6-5-12(9-18-14)17-8-10-3-4-11(15)7-13(10)16/h3-7,9,17H,2,8H2,1H3. The first-order valence-corrected chi connectivity index (χ1v) is 5.95. The minimum Gasteiger partial charge on any atom is -0.478 e. The van der Waals surface area contributed by atoms with Gasteiger partial charge in [-0.2, -0.15) is 0 Å². The van der Waals surface area contributed by atoms with Crippen molar-refractivity contribution in [3.8, 4) is 5.88 Å². The number of halogens is 2. The lowest BCUT2D eigenvalue weighted by Gasteiger charge is -2.08. The molecule has 0 unspecified atom stereocenters. The van der Waals surface area contributed by atoms with E-state index < -0.39 is 11.6 Å². The van der Waals surface area contributed by atoms with E-state index in [1.807, 2.05) is 6.92 Å². The molecule has 100 valence electrons. The number of nitrogens with one attached hydrogen (secondary N) is 1. The number of hydrogen-bond acceptors (Lipinski definition) is 3. The van der Waals surface area contributed by atoms with Crippen molar-refractivity contribution in [3.63, 3.8) is 0 Å². The average molecular weight is 264 g/mol. The predicted octanol–water partition coefficient (Wildman–Crippen LogP) is 3.37. The van der Waals surface area contributed by atoms with Crippen LogP contribution in [0.4, 0.5) is 14.5 Å². The van der Waals surface area contributed by atoms with E-state index in [-0.39, 0.29) is 6.54 Å². The zero-order valence-corrected chi connectivity index (χ0v) is 10.5. The van der Waals surface area contributed by atoms with E-state index >= 15 is 0 Å². The van der Waals surface area contributed by atoms with E-state index in [0.29, 0.717) is 18.1 Å². The molecule has 2 aromatic rings. The maximum Gasteiger partial charge on any atom is 0.213 e. The number of anilines is 1. The first-order chi connectivity index (χ1) is 9.19. The quantitative estimate of drug-likeness (QED) is 0.899. The molecule has 0 saturated heterocycles. The fourth-order valence-corrected chi connectivity index (χ4v) is 1.58. The largest absolute Gasteiger partial charge is 0.478 e. The molecule has 0 saturated carbocycles. The minimum absolute atomic E-state index is 0.266.